The summed E-state index contributed by atoms with van der Waals surface area (Å²) in [6.07, 6.45) is 0. The smallest absolute Gasteiger partial charge is 0.146 e. The lowest BCUT2D eigenvalue weighted by Crippen LogP contribution is -2.38. The first-order chi connectivity index (χ1) is 7.89. The minimum absolute atomic E-state index is 0.143. The summed E-state index contributed by atoms with van der Waals surface area (Å²) in [5.74, 6) is 1.96. The van der Waals surface area contributed by atoms with Crippen molar-refractivity contribution in [3.8, 4) is 0 Å². The first-order valence-corrected chi connectivity index (χ1v) is 6.17. The van der Waals surface area contributed by atoms with E-state index in [0.717, 1.165) is 31.3 Å². The molecule has 1 heterocycles. The molecule has 0 aromatic carbocycles. The lowest BCUT2D eigenvalue weighted by molar-refractivity contribution is 0.178. The van der Waals surface area contributed by atoms with E-state index in [4.69, 9.17) is 5.73 Å². The van der Waals surface area contributed by atoms with E-state index in [1.54, 1.807) is 0 Å². The van der Waals surface area contributed by atoms with Crippen LogP contribution in [0, 0.1) is 12.3 Å². The molecule has 17 heavy (non-hydrogen) atoms. The van der Waals surface area contributed by atoms with E-state index in [9.17, 15) is 0 Å². The number of aromatic nitrogens is 3. The van der Waals surface area contributed by atoms with Gasteiger partial charge in [0, 0.05) is 13.6 Å². The van der Waals surface area contributed by atoms with Crippen LogP contribution in [0.2, 0.25) is 0 Å². The van der Waals surface area contributed by atoms with Crippen LogP contribution in [0.4, 0.5) is 0 Å². The summed E-state index contributed by atoms with van der Waals surface area (Å²) < 4.78 is 2.04. The van der Waals surface area contributed by atoms with Crippen LogP contribution in [0.15, 0.2) is 0 Å². The summed E-state index contributed by atoms with van der Waals surface area (Å²) >= 11 is 0. The Morgan fingerprint density at radius 3 is 2.41 bits per heavy atom. The fourth-order valence-electron chi connectivity index (χ4n) is 1.74. The van der Waals surface area contributed by atoms with E-state index < -0.39 is 0 Å². The van der Waals surface area contributed by atoms with Crippen molar-refractivity contribution in [3.63, 3.8) is 0 Å². The Bertz CT molecular complexity index is 356. The summed E-state index contributed by atoms with van der Waals surface area (Å²) in [5.41, 5.74) is 5.92. The zero-order chi connectivity index (χ0) is 13.1. The lowest BCUT2D eigenvalue weighted by atomic mass is 9.93. The third-order valence-corrected chi connectivity index (χ3v) is 3.20. The van der Waals surface area contributed by atoms with Gasteiger partial charge in [-0.1, -0.05) is 20.8 Å². The number of nitrogens with two attached hydrogens (primary N) is 1. The molecular formula is C12H25N5. The van der Waals surface area contributed by atoms with Gasteiger partial charge in [0.15, 0.2) is 0 Å². The van der Waals surface area contributed by atoms with Crippen LogP contribution in [0.3, 0.4) is 0 Å². The normalized spacial score (nSPS) is 12.4. The summed E-state index contributed by atoms with van der Waals surface area (Å²) in [5, 5.41) is 8.28. The Morgan fingerprint density at radius 1 is 1.35 bits per heavy atom. The Balaban J connectivity index is 2.67. The number of aryl methyl sites for hydroxylation is 1. The molecule has 0 spiro atoms. The molecule has 0 saturated heterocycles. The van der Waals surface area contributed by atoms with Gasteiger partial charge in [-0.2, -0.15) is 0 Å². The molecule has 5 nitrogen and oxygen atoms in total. The molecule has 0 saturated carbocycles. The average molecular weight is 239 g/mol. The molecule has 0 bridgehead atoms. The largest absolute Gasteiger partial charge is 0.330 e. The third-order valence-electron chi connectivity index (χ3n) is 3.20. The van der Waals surface area contributed by atoms with Crippen molar-refractivity contribution >= 4 is 0 Å². The van der Waals surface area contributed by atoms with E-state index in [0.29, 0.717) is 6.54 Å². The van der Waals surface area contributed by atoms with E-state index in [1.807, 2.05) is 18.5 Å². The fraction of sp³-hybridized carbons (Fsp3) is 0.833. The van der Waals surface area contributed by atoms with Gasteiger partial charge in [-0.25, -0.2) is 0 Å². The highest BCUT2D eigenvalue weighted by atomic mass is 15.3. The van der Waals surface area contributed by atoms with E-state index in [1.165, 1.54) is 0 Å². The van der Waals surface area contributed by atoms with Crippen LogP contribution in [-0.2, 0) is 13.6 Å². The lowest BCUT2D eigenvalue weighted by Gasteiger charge is -2.30. The standard InChI is InChI=1S/C12H25N5/c1-6-17(9-12(3,4)8-13)7-11-15-14-10(2)16(11)5/h6-9,13H2,1-5H3. The molecule has 98 valence electrons. The van der Waals surface area contributed by atoms with E-state index in [-0.39, 0.29) is 5.41 Å². The molecule has 1 rings (SSSR count). The highest BCUT2D eigenvalue weighted by Gasteiger charge is 2.20. The van der Waals surface area contributed by atoms with Crippen LogP contribution in [0.1, 0.15) is 32.4 Å². The molecule has 1 aromatic heterocycles. The number of nitrogens with zero attached hydrogens (tertiary/aromatic N) is 4. The minimum Gasteiger partial charge on any atom is -0.330 e. The summed E-state index contributed by atoms with van der Waals surface area (Å²) in [6, 6.07) is 0. The van der Waals surface area contributed by atoms with Gasteiger partial charge in [-0.15, -0.1) is 10.2 Å². The van der Waals surface area contributed by atoms with Gasteiger partial charge in [-0.05, 0) is 25.4 Å². The second kappa shape index (κ2) is 5.60. The zero-order valence-corrected chi connectivity index (χ0v) is 11.7. The van der Waals surface area contributed by atoms with Crippen LogP contribution < -0.4 is 5.73 Å². The van der Waals surface area contributed by atoms with Crippen LogP contribution in [-0.4, -0.2) is 39.3 Å². The van der Waals surface area contributed by atoms with Crippen molar-refractivity contribution in [2.24, 2.45) is 18.2 Å². The van der Waals surface area contributed by atoms with Gasteiger partial charge in [0.1, 0.15) is 11.6 Å². The van der Waals surface area contributed by atoms with Crippen molar-refractivity contribution in [3.05, 3.63) is 11.6 Å². The van der Waals surface area contributed by atoms with Crippen LogP contribution >= 0.6 is 0 Å². The highest BCUT2D eigenvalue weighted by molar-refractivity contribution is 4.92. The molecule has 0 amide bonds. The van der Waals surface area contributed by atoms with Crippen molar-refractivity contribution in [2.45, 2.75) is 34.2 Å². The third kappa shape index (κ3) is 3.78. The van der Waals surface area contributed by atoms with E-state index in [2.05, 4.69) is 35.9 Å². The number of rotatable bonds is 6. The highest BCUT2D eigenvalue weighted by Crippen LogP contribution is 2.16. The molecule has 0 unspecified atom stereocenters. The van der Waals surface area contributed by atoms with Crippen molar-refractivity contribution in [2.75, 3.05) is 19.6 Å². The molecule has 0 aliphatic rings. The van der Waals surface area contributed by atoms with Gasteiger partial charge in [0.25, 0.3) is 0 Å². The molecule has 0 aliphatic heterocycles. The number of hydrogen-bond acceptors (Lipinski definition) is 4. The van der Waals surface area contributed by atoms with Crippen LogP contribution in [0.5, 0.6) is 0 Å². The summed E-state index contributed by atoms with van der Waals surface area (Å²) in [4.78, 5) is 2.36. The maximum absolute atomic E-state index is 5.78. The second-order valence-electron chi connectivity index (χ2n) is 5.39. The van der Waals surface area contributed by atoms with Gasteiger partial charge in [0.05, 0.1) is 6.54 Å². The van der Waals surface area contributed by atoms with Crippen LogP contribution in [0.25, 0.3) is 0 Å². The molecular weight excluding hydrogens is 214 g/mol. The first kappa shape index (κ1) is 14.1. The molecule has 0 fully saturated rings. The van der Waals surface area contributed by atoms with Gasteiger partial charge < -0.3 is 10.3 Å². The zero-order valence-electron chi connectivity index (χ0n) is 11.7. The Morgan fingerprint density at radius 2 is 2.00 bits per heavy atom. The SMILES string of the molecule is CCN(Cc1nnc(C)n1C)CC(C)(C)CN. The quantitative estimate of drug-likeness (QED) is 0.802. The van der Waals surface area contributed by atoms with E-state index >= 15 is 0 Å². The molecule has 0 aliphatic carbocycles. The second-order valence-corrected chi connectivity index (χ2v) is 5.39. The maximum Gasteiger partial charge on any atom is 0.146 e. The minimum atomic E-state index is 0.143. The average Bonchev–Trinajstić information content (AvgIpc) is 2.60. The predicted molar refractivity (Wildman–Crippen MR) is 69.5 cm³/mol. The molecule has 0 radical (unpaired) electrons. The monoisotopic (exact) mass is 239 g/mol. The fourth-order valence-corrected chi connectivity index (χ4v) is 1.74. The molecule has 1 aromatic rings. The van der Waals surface area contributed by atoms with Gasteiger partial charge in [0.2, 0.25) is 0 Å². The van der Waals surface area contributed by atoms with Crippen molar-refractivity contribution in [1.29, 1.82) is 0 Å². The summed E-state index contributed by atoms with van der Waals surface area (Å²) in [7, 11) is 2.01. The Hall–Kier alpha value is -0.940. The Kier molecular flexibility index (Phi) is 4.65. The molecule has 5 heteroatoms. The predicted octanol–water partition coefficient (Wildman–Crippen LogP) is 0.930. The summed E-state index contributed by atoms with van der Waals surface area (Å²) in [6.45, 7) is 12.0. The van der Waals surface area contributed by atoms with Crippen molar-refractivity contribution < 1.29 is 0 Å². The number of hydrogen-bond donors (Lipinski definition) is 1. The van der Waals surface area contributed by atoms with Gasteiger partial charge >= 0.3 is 0 Å². The maximum atomic E-state index is 5.78. The van der Waals surface area contributed by atoms with Gasteiger partial charge in [-0.3, -0.25) is 4.90 Å². The van der Waals surface area contributed by atoms with Crippen molar-refractivity contribution in [1.82, 2.24) is 19.7 Å². The molecule has 0 atom stereocenters. The first-order valence-electron chi connectivity index (χ1n) is 6.17. The topological polar surface area (TPSA) is 60.0 Å². The molecule has 2 N–H and O–H groups in total. The Labute approximate surface area is 104 Å².